The monoisotopic (exact) mass is 251 g/mol. The summed E-state index contributed by atoms with van der Waals surface area (Å²) in [5.74, 6) is 0. The maximum Gasteiger partial charge on any atom is 0.0991 e. The summed E-state index contributed by atoms with van der Waals surface area (Å²) in [4.78, 5) is 0. The van der Waals surface area contributed by atoms with E-state index in [0.717, 1.165) is 9.80 Å². The molecule has 1 unspecified atom stereocenters. The molecule has 1 rings (SSSR count). The molecule has 0 aliphatic heterocycles. The van der Waals surface area contributed by atoms with Gasteiger partial charge in [0, 0.05) is 4.24 Å². The largest absolute Gasteiger partial charge is 0.384 e. The summed E-state index contributed by atoms with van der Waals surface area (Å²) < 4.78 is 1.08. The second kappa shape index (κ2) is 6.64. The summed E-state index contributed by atoms with van der Waals surface area (Å²) in [5, 5.41) is 18.6. The predicted molar refractivity (Wildman–Crippen MR) is 71.2 cm³/mol. The lowest BCUT2D eigenvalue weighted by Crippen LogP contribution is -1.93. The Hall–Kier alpha value is -0.890. The third-order valence-electron chi connectivity index (χ3n) is 2.08. The average Bonchev–Trinajstić information content (AvgIpc) is 2.35. The van der Waals surface area contributed by atoms with E-state index in [4.69, 9.17) is 5.26 Å². The number of nitriles is 1. The van der Waals surface area contributed by atoms with E-state index < -0.39 is 6.10 Å². The fraction of sp³-hybridized carbons (Fsp3) is 0.250. The van der Waals surface area contributed by atoms with Gasteiger partial charge in [-0.2, -0.15) is 5.26 Å². The number of rotatable bonds is 4. The number of hydrogen-bond acceptors (Lipinski definition) is 4. The molecule has 0 radical (unpaired) electrons. The molecule has 1 aromatic carbocycles. The van der Waals surface area contributed by atoms with E-state index in [9.17, 15) is 5.11 Å². The first-order chi connectivity index (χ1) is 7.71. The van der Waals surface area contributed by atoms with Crippen molar-refractivity contribution in [3.8, 4) is 6.07 Å². The standard InChI is InChI=1S/C12H13NOS2/c1-15-12(16-2)7-11(14)10-5-3-9(8-13)4-6-10/h3-7,11,14H,1-2H3. The molecular formula is C12H13NOS2. The van der Waals surface area contributed by atoms with Crippen LogP contribution in [0.5, 0.6) is 0 Å². The van der Waals surface area contributed by atoms with E-state index in [1.165, 1.54) is 0 Å². The molecule has 1 aromatic rings. The van der Waals surface area contributed by atoms with Crippen LogP contribution in [0.2, 0.25) is 0 Å². The molecule has 1 N–H and O–H groups in total. The normalized spacial score (nSPS) is 11.6. The Morgan fingerprint density at radius 2 is 1.88 bits per heavy atom. The summed E-state index contributed by atoms with van der Waals surface area (Å²) in [7, 11) is 0. The molecule has 0 fully saturated rings. The molecule has 0 saturated heterocycles. The van der Waals surface area contributed by atoms with Crippen LogP contribution in [-0.4, -0.2) is 17.6 Å². The van der Waals surface area contributed by atoms with Crippen molar-refractivity contribution in [2.24, 2.45) is 0 Å². The van der Waals surface area contributed by atoms with Gasteiger partial charge in [0.1, 0.15) is 0 Å². The molecule has 0 aromatic heterocycles. The van der Waals surface area contributed by atoms with Gasteiger partial charge in [-0.25, -0.2) is 0 Å². The Bertz CT molecular complexity index is 400. The molecule has 1 atom stereocenters. The molecule has 16 heavy (non-hydrogen) atoms. The number of benzene rings is 1. The topological polar surface area (TPSA) is 44.0 Å². The first-order valence-corrected chi connectivity index (χ1v) is 7.14. The van der Waals surface area contributed by atoms with E-state index >= 15 is 0 Å². The van der Waals surface area contributed by atoms with E-state index in [-0.39, 0.29) is 0 Å². The second-order valence-electron chi connectivity index (χ2n) is 3.07. The van der Waals surface area contributed by atoms with Crippen molar-refractivity contribution in [1.82, 2.24) is 0 Å². The molecule has 2 nitrogen and oxygen atoms in total. The van der Waals surface area contributed by atoms with Gasteiger partial charge in [0.2, 0.25) is 0 Å². The van der Waals surface area contributed by atoms with E-state index in [1.807, 2.05) is 18.6 Å². The highest BCUT2D eigenvalue weighted by Gasteiger charge is 2.05. The van der Waals surface area contributed by atoms with Crippen LogP contribution in [0.3, 0.4) is 0 Å². The van der Waals surface area contributed by atoms with Gasteiger partial charge in [-0.15, -0.1) is 23.5 Å². The summed E-state index contributed by atoms with van der Waals surface area (Å²) in [6.07, 6.45) is 5.17. The number of thioether (sulfide) groups is 2. The van der Waals surface area contributed by atoms with Gasteiger partial charge in [0.15, 0.2) is 0 Å². The summed E-state index contributed by atoms with van der Waals surface area (Å²) >= 11 is 3.22. The van der Waals surface area contributed by atoms with Crippen molar-refractivity contribution < 1.29 is 5.11 Å². The van der Waals surface area contributed by atoms with E-state index in [1.54, 1.807) is 47.8 Å². The third kappa shape index (κ3) is 3.60. The minimum Gasteiger partial charge on any atom is -0.384 e. The van der Waals surface area contributed by atoms with Crippen molar-refractivity contribution in [2.75, 3.05) is 12.5 Å². The van der Waals surface area contributed by atoms with Crippen LogP contribution in [0.15, 0.2) is 34.6 Å². The quantitative estimate of drug-likeness (QED) is 0.892. The van der Waals surface area contributed by atoms with Gasteiger partial charge in [0.25, 0.3) is 0 Å². The Labute approximate surface area is 104 Å². The molecule has 0 heterocycles. The molecule has 0 spiro atoms. The Morgan fingerprint density at radius 3 is 2.31 bits per heavy atom. The maximum absolute atomic E-state index is 9.93. The fourth-order valence-electron chi connectivity index (χ4n) is 1.20. The number of aliphatic hydroxyl groups is 1. The van der Waals surface area contributed by atoms with Crippen molar-refractivity contribution in [3.05, 3.63) is 45.7 Å². The van der Waals surface area contributed by atoms with Gasteiger partial charge < -0.3 is 5.11 Å². The van der Waals surface area contributed by atoms with Crippen LogP contribution in [0, 0.1) is 11.3 Å². The molecule has 0 aliphatic rings. The molecule has 0 aliphatic carbocycles. The molecule has 4 heteroatoms. The first-order valence-electron chi connectivity index (χ1n) is 4.69. The van der Waals surface area contributed by atoms with Gasteiger partial charge >= 0.3 is 0 Å². The minimum absolute atomic E-state index is 0.606. The van der Waals surface area contributed by atoms with Crippen LogP contribution >= 0.6 is 23.5 Å². The van der Waals surface area contributed by atoms with Crippen LogP contribution in [0.25, 0.3) is 0 Å². The molecule has 0 saturated carbocycles. The van der Waals surface area contributed by atoms with Crippen LogP contribution in [-0.2, 0) is 0 Å². The number of hydrogen-bond donors (Lipinski definition) is 1. The van der Waals surface area contributed by atoms with Crippen molar-refractivity contribution in [3.63, 3.8) is 0 Å². The molecule has 0 amide bonds. The lowest BCUT2D eigenvalue weighted by molar-refractivity contribution is 0.228. The summed E-state index contributed by atoms with van der Waals surface area (Å²) in [6, 6.07) is 9.03. The van der Waals surface area contributed by atoms with Crippen LogP contribution in [0.1, 0.15) is 17.2 Å². The van der Waals surface area contributed by atoms with Crippen molar-refractivity contribution >= 4 is 23.5 Å². The zero-order valence-electron chi connectivity index (χ0n) is 9.18. The van der Waals surface area contributed by atoms with Gasteiger partial charge in [0.05, 0.1) is 17.7 Å². The lowest BCUT2D eigenvalue weighted by atomic mass is 10.1. The Kier molecular flexibility index (Phi) is 5.47. The van der Waals surface area contributed by atoms with Crippen LogP contribution < -0.4 is 0 Å². The molecule has 0 bridgehead atoms. The van der Waals surface area contributed by atoms with Gasteiger partial charge in [-0.05, 0) is 36.3 Å². The Morgan fingerprint density at radius 1 is 1.31 bits per heavy atom. The van der Waals surface area contributed by atoms with Crippen molar-refractivity contribution in [2.45, 2.75) is 6.10 Å². The fourth-order valence-corrected chi connectivity index (χ4v) is 2.40. The summed E-state index contributed by atoms with van der Waals surface area (Å²) in [5.41, 5.74) is 1.41. The minimum atomic E-state index is -0.609. The zero-order valence-corrected chi connectivity index (χ0v) is 10.8. The van der Waals surface area contributed by atoms with Gasteiger partial charge in [-0.3, -0.25) is 0 Å². The number of nitrogens with zero attached hydrogens (tertiary/aromatic N) is 1. The van der Waals surface area contributed by atoms with Gasteiger partial charge in [-0.1, -0.05) is 12.1 Å². The average molecular weight is 251 g/mol. The lowest BCUT2D eigenvalue weighted by Gasteiger charge is -2.08. The highest BCUT2D eigenvalue weighted by atomic mass is 32.2. The molecule has 84 valence electrons. The smallest absolute Gasteiger partial charge is 0.0991 e. The van der Waals surface area contributed by atoms with Crippen LogP contribution in [0.4, 0.5) is 0 Å². The highest BCUT2D eigenvalue weighted by Crippen LogP contribution is 2.27. The predicted octanol–water partition coefficient (Wildman–Crippen LogP) is 3.16. The first kappa shape index (κ1) is 13.2. The molecular weight excluding hydrogens is 238 g/mol. The van der Waals surface area contributed by atoms with Crippen molar-refractivity contribution in [1.29, 1.82) is 5.26 Å². The summed E-state index contributed by atoms with van der Waals surface area (Å²) in [6.45, 7) is 0. The zero-order chi connectivity index (χ0) is 12.0. The Balaban J connectivity index is 2.84. The van der Waals surface area contributed by atoms with E-state index in [2.05, 4.69) is 6.07 Å². The third-order valence-corrected chi connectivity index (χ3v) is 4.15. The highest BCUT2D eigenvalue weighted by molar-refractivity contribution is 8.21. The SMILES string of the molecule is CSC(=CC(O)c1ccc(C#N)cc1)SC. The maximum atomic E-state index is 9.93. The number of aliphatic hydroxyl groups excluding tert-OH is 1. The van der Waals surface area contributed by atoms with E-state index in [0.29, 0.717) is 5.56 Å². The second-order valence-corrected chi connectivity index (χ2v) is 5.03.